The zero-order chi connectivity index (χ0) is 24.8. The number of aryl methyl sites for hydroxylation is 1. The number of aliphatic hydroxyl groups excluding tert-OH is 3. The second-order valence-electron chi connectivity index (χ2n) is 8.96. The van der Waals surface area contributed by atoms with Gasteiger partial charge < -0.3 is 25.5 Å². The third-order valence-electron chi connectivity index (χ3n) is 6.43. The van der Waals surface area contributed by atoms with Crippen molar-refractivity contribution < 1.29 is 30.0 Å². The van der Waals surface area contributed by atoms with Crippen LogP contribution in [0, 0.1) is 22.0 Å². The Labute approximate surface area is 200 Å². The molecule has 1 aliphatic carbocycles. The lowest BCUT2D eigenvalue weighted by Gasteiger charge is -2.23. The zero-order valence-corrected chi connectivity index (χ0v) is 19.6. The normalized spacial score (nSPS) is 23.1. The molecular weight excluding hydrogens is 440 g/mol. The minimum atomic E-state index is -0.893. The third kappa shape index (κ3) is 10.6. The molecule has 9 nitrogen and oxygen atoms in total. The van der Waals surface area contributed by atoms with Crippen molar-refractivity contribution in [2.75, 3.05) is 13.2 Å². The van der Waals surface area contributed by atoms with E-state index in [1.807, 2.05) is 42.5 Å². The van der Waals surface area contributed by atoms with E-state index in [0.29, 0.717) is 51.4 Å². The van der Waals surface area contributed by atoms with E-state index >= 15 is 0 Å². The van der Waals surface area contributed by atoms with Gasteiger partial charge >= 0.3 is 0 Å². The minimum absolute atomic E-state index is 0.0433. The topological polar surface area (TPSA) is 142 Å². The number of hydrogen-bond donors (Lipinski definition) is 4. The Morgan fingerprint density at radius 3 is 2.65 bits per heavy atom. The number of carbonyl (C=O) groups excluding carboxylic acids is 1. The predicted molar refractivity (Wildman–Crippen MR) is 127 cm³/mol. The minimum Gasteiger partial charge on any atom is -0.393 e. The summed E-state index contributed by atoms with van der Waals surface area (Å²) in [6.07, 6.45) is 7.86. The summed E-state index contributed by atoms with van der Waals surface area (Å²) in [5.74, 6) is -0.267. The highest BCUT2D eigenvalue weighted by molar-refractivity contribution is 5.75. The third-order valence-corrected chi connectivity index (χ3v) is 6.43. The van der Waals surface area contributed by atoms with Gasteiger partial charge in [-0.15, -0.1) is 10.1 Å². The van der Waals surface area contributed by atoms with Gasteiger partial charge in [0.1, 0.15) is 6.61 Å². The Morgan fingerprint density at radius 2 is 1.91 bits per heavy atom. The van der Waals surface area contributed by atoms with Crippen LogP contribution in [-0.2, 0) is 16.1 Å². The summed E-state index contributed by atoms with van der Waals surface area (Å²) >= 11 is 0. The van der Waals surface area contributed by atoms with Gasteiger partial charge in [-0.2, -0.15) is 0 Å². The van der Waals surface area contributed by atoms with Gasteiger partial charge in [0.15, 0.2) is 0 Å². The summed E-state index contributed by atoms with van der Waals surface area (Å²) in [7, 11) is 0. The van der Waals surface area contributed by atoms with E-state index < -0.39 is 23.4 Å². The fraction of sp³-hybridized carbons (Fsp3) is 0.640. The van der Waals surface area contributed by atoms with Crippen molar-refractivity contribution in [3.63, 3.8) is 0 Å². The quantitative estimate of drug-likeness (QED) is 0.124. The highest BCUT2D eigenvalue weighted by atomic mass is 16.9. The summed E-state index contributed by atoms with van der Waals surface area (Å²) < 4.78 is 0. The van der Waals surface area contributed by atoms with Crippen molar-refractivity contribution in [1.82, 2.24) is 5.32 Å². The molecule has 0 bridgehead atoms. The molecular formula is C25H38N2O7. The van der Waals surface area contributed by atoms with Crippen LogP contribution in [0.15, 0.2) is 42.5 Å². The second kappa shape index (κ2) is 15.4. The molecule has 1 aromatic carbocycles. The van der Waals surface area contributed by atoms with Gasteiger partial charge in [0.05, 0.1) is 18.3 Å². The summed E-state index contributed by atoms with van der Waals surface area (Å²) in [4.78, 5) is 25.8. The molecule has 0 aromatic heterocycles. The number of amides is 1. The lowest BCUT2D eigenvalue weighted by atomic mass is 9.85. The van der Waals surface area contributed by atoms with E-state index in [1.54, 1.807) is 0 Å². The van der Waals surface area contributed by atoms with Crippen LogP contribution in [0.2, 0.25) is 0 Å². The number of allylic oxidation sites excluding steroid dienone is 2. The van der Waals surface area contributed by atoms with Crippen LogP contribution in [0.4, 0.5) is 0 Å². The predicted octanol–water partition coefficient (Wildman–Crippen LogP) is 2.56. The van der Waals surface area contributed by atoms with Gasteiger partial charge in [-0.1, -0.05) is 42.5 Å². The van der Waals surface area contributed by atoms with E-state index in [2.05, 4.69) is 10.2 Å². The highest BCUT2D eigenvalue weighted by Gasteiger charge is 2.40. The molecule has 0 heterocycles. The maximum atomic E-state index is 11.7. The Bertz CT molecular complexity index is 759. The molecule has 1 aromatic rings. The smallest absolute Gasteiger partial charge is 0.294 e. The molecule has 0 unspecified atom stereocenters. The molecule has 34 heavy (non-hydrogen) atoms. The molecule has 1 amide bonds. The Hall–Kier alpha value is -2.49. The average molecular weight is 479 g/mol. The van der Waals surface area contributed by atoms with E-state index in [4.69, 9.17) is 0 Å². The number of unbranched alkanes of at least 4 members (excludes halogenated alkanes) is 1. The van der Waals surface area contributed by atoms with Crippen molar-refractivity contribution >= 4 is 5.91 Å². The van der Waals surface area contributed by atoms with E-state index in [9.17, 15) is 30.2 Å². The fourth-order valence-electron chi connectivity index (χ4n) is 4.56. The van der Waals surface area contributed by atoms with Crippen molar-refractivity contribution in [3.05, 3.63) is 58.2 Å². The van der Waals surface area contributed by atoms with Gasteiger partial charge in [0.25, 0.3) is 5.09 Å². The zero-order valence-electron chi connectivity index (χ0n) is 19.6. The largest absolute Gasteiger partial charge is 0.393 e. The lowest BCUT2D eigenvalue weighted by molar-refractivity contribution is -0.757. The molecule has 1 fully saturated rings. The molecule has 4 N–H and O–H groups in total. The Kier molecular flexibility index (Phi) is 12.6. The first-order chi connectivity index (χ1) is 16.4. The Balaban J connectivity index is 1.64. The van der Waals surface area contributed by atoms with Crippen LogP contribution < -0.4 is 5.32 Å². The van der Waals surface area contributed by atoms with Crippen LogP contribution in [0.3, 0.4) is 0 Å². The molecule has 9 heteroatoms. The molecule has 1 aliphatic rings. The van der Waals surface area contributed by atoms with Crippen LogP contribution >= 0.6 is 0 Å². The van der Waals surface area contributed by atoms with E-state index in [-0.39, 0.29) is 30.9 Å². The molecule has 0 aliphatic heterocycles. The number of aliphatic hydroxyl groups is 3. The fourth-order valence-corrected chi connectivity index (χ4v) is 4.56. The summed E-state index contributed by atoms with van der Waals surface area (Å²) in [5.41, 5.74) is 1.20. The van der Waals surface area contributed by atoms with Crippen LogP contribution in [0.1, 0.15) is 56.9 Å². The van der Waals surface area contributed by atoms with Gasteiger partial charge in [-0.05, 0) is 68.8 Å². The van der Waals surface area contributed by atoms with E-state index in [0.717, 1.165) is 6.42 Å². The highest BCUT2D eigenvalue weighted by Crippen LogP contribution is 2.38. The van der Waals surface area contributed by atoms with Crippen molar-refractivity contribution in [2.45, 2.75) is 76.1 Å². The number of nitrogens with zero attached hydrogens (tertiary/aromatic N) is 1. The van der Waals surface area contributed by atoms with Gasteiger partial charge in [0, 0.05) is 13.0 Å². The van der Waals surface area contributed by atoms with Crippen molar-refractivity contribution in [2.24, 2.45) is 11.8 Å². The second-order valence-corrected chi connectivity index (χ2v) is 8.96. The van der Waals surface area contributed by atoms with Crippen molar-refractivity contribution in [1.29, 1.82) is 0 Å². The standard InChI is InChI=1S/C25H38N2O7/c28-20(13-12-19-8-4-3-5-9-19)14-15-22-21(23(29)18-24(22)30)10-6-1-2-7-11-25(31)26-16-17-34-27(32)33/h1,3-6,8-9,20-24,28-30H,2,7,10-18H2,(H,26,31)/t20-,21+,22+,23-,24+/m0/s1. The van der Waals surface area contributed by atoms with Crippen LogP contribution in [-0.4, -0.2) is 57.8 Å². The lowest BCUT2D eigenvalue weighted by Crippen LogP contribution is -2.27. The number of rotatable bonds is 16. The average Bonchev–Trinajstić information content (AvgIpc) is 3.08. The van der Waals surface area contributed by atoms with Gasteiger partial charge in [0.2, 0.25) is 5.91 Å². The number of hydrogen-bond acceptors (Lipinski definition) is 7. The maximum Gasteiger partial charge on any atom is 0.294 e. The van der Waals surface area contributed by atoms with Crippen LogP contribution in [0.5, 0.6) is 0 Å². The summed E-state index contributed by atoms with van der Waals surface area (Å²) in [6, 6.07) is 10.0. The number of benzene rings is 1. The molecule has 0 spiro atoms. The van der Waals surface area contributed by atoms with E-state index in [1.165, 1.54) is 5.56 Å². The molecule has 2 rings (SSSR count). The molecule has 0 radical (unpaired) electrons. The monoisotopic (exact) mass is 478 g/mol. The SMILES string of the molecule is O=C(CCCC=CC[C@@H]1[C@@H](CC[C@@H](O)CCc2ccccc2)[C@H](O)C[C@@H]1O)NCCO[N+](=O)[O-]. The summed E-state index contributed by atoms with van der Waals surface area (Å²) in [6.45, 7) is -0.0701. The van der Waals surface area contributed by atoms with Crippen molar-refractivity contribution in [3.8, 4) is 0 Å². The number of carbonyl (C=O) groups is 1. The molecule has 0 saturated heterocycles. The first kappa shape index (κ1) is 27.8. The molecule has 190 valence electrons. The summed E-state index contributed by atoms with van der Waals surface area (Å²) in [5, 5.41) is 42.9. The van der Waals surface area contributed by atoms with Gasteiger partial charge in [-0.25, -0.2) is 0 Å². The molecule has 5 atom stereocenters. The first-order valence-electron chi connectivity index (χ1n) is 12.1. The number of nitrogens with one attached hydrogen (secondary N) is 1. The first-order valence-corrected chi connectivity index (χ1v) is 12.1. The van der Waals surface area contributed by atoms with Crippen LogP contribution in [0.25, 0.3) is 0 Å². The maximum absolute atomic E-state index is 11.7. The van der Waals surface area contributed by atoms with Gasteiger partial charge in [-0.3, -0.25) is 4.79 Å². The molecule has 1 saturated carbocycles. The Morgan fingerprint density at radius 1 is 1.18 bits per heavy atom.